The van der Waals surface area contributed by atoms with E-state index in [-0.39, 0.29) is 18.1 Å². The fourth-order valence-corrected chi connectivity index (χ4v) is 4.22. The van der Waals surface area contributed by atoms with Gasteiger partial charge in [-0.25, -0.2) is 4.98 Å². The van der Waals surface area contributed by atoms with Crippen molar-refractivity contribution in [3.63, 3.8) is 0 Å². The van der Waals surface area contributed by atoms with Gasteiger partial charge in [0.25, 0.3) is 0 Å². The zero-order valence-electron chi connectivity index (χ0n) is 12.9. The van der Waals surface area contributed by atoms with Crippen LogP contribution in [0, 0.1) is 0 Å². The van der Waals surface area contributed by atoms with Crippen molar-refractivity contribution in [3.8, 4) is 10.8 Å². The molecule has 5 nitrogen and oxygen atoms in total. The first-order chi connectivity index (χ1) is 11.3. The Kier molecular flexibility index (Phi) is 4.18. The van der Waals surface area contributed by atoms with Crippen LogP contribution < -0.4 is 0 Å². The van der Waals surface area contributed by atoms with Crippen LogP contribution in [0.15, 0.2) is 28.2 Å². The predicted octanol–water partition coefficient (Wildman–Crippen LogP) is 3.12. The molecule has 0 radical (unpaired) electrons. The maximum atomic E-state index is 12.7. The number of oxazole rings is 1. The van der Waals surface area contributed by atoms with Crippen LogP contribution in [0.25, 0.3) is 10.8 Å². The molecule has 1 amide bonds. The molecule has 2 aromatic heterocycles. The summed E-state index contributed by atoms with van der Waals surface area (Å²) in [5.41, 5.74) is 0.707. The van der Waals surface area contributed by atoms with Gasteiger partial charge in [-0.15, -0.1) is 11.3 Å². The molecule has 2 fully saturated rings. The molecule has 1 aliphatic heterocycles. The second kappa shape index (κ2) is 6.45. The van der Waals surface area contributed by atoms with Gasteiger partial charge < -0.3 is 14.1 Å². The fraction of sp³-hybridized carbons (Fsp3) is 0.529. The average Bonchev–Trinajstić information content (AvgIpc) is 3.27. The van der Waals surface area contributed by atoms with Crippen molar-refractivity contribution in [2.45, 2.75) is 44.2 Å². The molecule has 0 aromatic carbocycles. The minimum absolute atomic E-state index is 0.137. The predicted molar refractivity (Wildman–Crippen MR) is 87.2 cm³/mol. The molecular formula is C17H20N2O3S. The molecule has 6 heteroatoms. The molecule has 0 bridgehead atoms. The summed E-state index contributed by atoms with van der Waals surface area (Å²) in [6.45, 7) is 1.55. The lowest BCUT2D eigenvalue weighted by Gasteiger charge is -2.29. The zero-order valence-corrected chi connectivity index (χ0v) is 13.8. The van der Waals surface area contributed by atoms with Crippen molar-refractivity contribution in [2.75, 3.05) is 13.2 Å². The Morgan fingerprint density at radius 3 is 3.22 bits per heavy atom. The van der Waals surface area contributed by atoms with E-state index in [0.29, 0.717) is 18.0 Å². The number of amides is 1. The van der Waals surface area contributed by atoms with Crippen LogP contribution in [-0.4, -0.2) is 41.1 Å². The number of rotatable bonds is 3. The summed E-state index contributed by atoms with van der Waals surface area (Å²) < 4.78 is 11.4. The Labute approximate surface area is 139 Å². The first-order valence-corrected chi connectivity index (χ1v) is 9.08. The van der Waals surface area contributed by atoms with E-state index in [0.717, 1.165) is 43.7 Å². The quantitative estimate of drug-likeness (QED) is 0.866. The smallest absolute Gasteiger partial charge is 0.236 e. The highest BCUT2D eigenvalue weighted by Gasteiger charge is 2.36. The highest BCUT2D eigenvalue weighted by molar-refractivity contribution is 7.13. The fourth-order valence-electron chi connectivity index (χ4n) is 3.56. The maximum Gasteiger partial charge on any atom is 0.236 e. The number of carbonyl (C=O) groups excluding carboxylic acids is 1. The third kappa shape index (κ3) is 3.05. The average molecular weight is 332 g/mol. The second-order valence-corrected chi connectivity index (χ2v) is 7.09. The first kappa shape index (κ1) is 14.9. The second-order valence-electron chi connectivity index (χ2n) is 6.15. The molecule has 4 rings (SSSR count). The SMILES string of the molecule is O=C(Cc1coc(-c2cccs2)n1)N1CCCO[C@H]2CCC[C@@H]21. The summed E-state index contributed by atoms with van der Waals surface area (Å²) in [4.78, 5) is 20.2. The Morgan fingerprint density at radius 2 is 2.35 bits per heavy atom. The molecule has 23 heavy (non-hydrogen) atoms. The van der Waals surface area contributed by atoms with Crippen LogP contribution in [0.3, 0.4) is 0 Å². The highest BCUT2D eigenvalue weighted by Crippen LogP contribution is 2.30. The molecule has 1 saturated heterocycles. The van der Waals surface area contributed by atoms with Crippen molar-refractivity contribution in [3.05, 3.63) is 29.5 Å². The van der Waals surface area contributed by atoms with Crippen molar-refractivity contribution in [2.24, 2.45) is 0 Å². The van der Waals surface area contributed by atoms with Gasteiger partial charge in [0, 0.05) is 13.2 Å². The van der Waals surface area contributed by atoms with Crippen molar-refractivity contribution < 1.29 is 13.9 Å². The molecule has 2 atom stereocenters. The van der Waals surface area contributed by atoms with Crippen LogP contribution in [0.2, 0.25) is 0 Å². The van der Waals surface area contributed by atoms with Crippen LogP contribution in [0.4, 0.5) is 0 Å². The summed E-state index contributed by atoms with van der Waals surface area (Å²) in [5, 5.41) is 1.99. The van der Waals surface area contributed by atoms with Crippen LogP contribution in [0.5, 0.6) is 0 Å². The van der Waals surface area contributed by atoms with E-state index in [1.54, 1.807) is 17.6 Å². The number of thiophene rings is 1. The molecule has 2 aliphatic rings. The maximum absolute atomic E-state index is 12.7. The number of aromatic nitrogens is 1. The molecule has 0 spiro atoms. The summed E-state index contributed by atoms with van der Waals surface area (Å²) >= 11 is 1.58. The Bertz CT molecular complexity index is 667. The molecule has 122 valence electrons. The van der Waals surface area contributed by atoms with Gasteiger partial charge in [-0.3, -0.25) is 4.79 Å². The molecule has 1 saturated carbocycles. The molecular weight excluding hydrogens is 312 g/mol. The van der Waals surface area contributed by atoms with Gasteiger partial charge in [0.15, 0.2) is 0 Å². The number of hydrogen-bond donors (Lipinski definition) is 0. The number of hydrogen-bond acceptors (Lipinski definition) is 5. The normalized spacial score (nSPS) is 24.4. The van der Waals surface area contributed by atoms with Gasteiger partial charge in [-0.1, -0.05) is 6.07 Å². The lowest BCUT2D eigenvalue weighted by atomic mass is 10.1. The Morgan fingerprint density at radius 1 is 1.39 bits per heavy atom. The third-order valence-corrected chi connectivity index (χ3v) is 5.49. The van der Waals surface area contributed by atoms with Gasteiger partial charge >= 0.3 is 0 Å². The Balaban J connectivity index is 1.46. The van der Waals surface area contributed by atoms with E-state index in [9.17, 15) is 4.79 Å². The van der Waals surface area contributed by atoms with Crippen molar-refractivity contribution >= 4 is 17.2 Å². The largest absolute Gasteiger partial charge is 0.444 e. The monoisotopic (exact) mass is 332 g/mol. The van der Waals surface area contributed by atoms with E-state index in [4.69, 9.17) is 9.15 Å². The molecule has 0 N–H and O–H groups in total. The minimum Gasteiger partial charge on any atom is -0.444 e. The van der Waals surface area contributed by atoms with Crippen LogP contribution in [0.1, 0.15) is 31.4 Å². The minimum atomic E-state index is 0.137. The highest BCUT2D eigenvalue weighted by atomic mass is 32.1. The third-order valence-electron chi connectivity index (χ3n) is 4.63. The van der Waals surface area contributed by atoms with Gasteiger partial charge in [0.05, 0.1) is 29.1 Å². The lowest BCUT2D eigenvalue weighted by Crippen LogP contribution is -2.44. The number of carbonyl (C=O) groups is 1. The van der Waals surface area contributed by atoms with Gasteiger partial charge in [0.2, 0.25) is 11.8 Å². The summed E-state index contributed by atoms with van der Waals surface area (Å²) in [5.74, 6) is 0.735. The summed E-state index contributed by atoms with van der Waals surface area (Å²) in [6, 6.07) is 4.18. The molecule has 1 aliphatic carbocycles. The van der Waals surface area contributed by atoms with E-state index < -0.39 is 0 Å². The topological polar surface area (TPSA) is 55.6 Å². The van der Waals surface area contributed by atoms with E-state index in [1.165, 1.54) is 0 Å². The van der Waals surface area contributed by atoms with E-state index in [1.807, 2.05) is 22.4 Å². The summed E-state index contributed by atoms with van der Waals surface area (Å²) in [6.07, 6.45) is 6.31. The standard InChI is InChI=1S/C17H20N2O3S/c20-16(19-7-3-8-21-14-5-1-4-13(14)19)10-12-11-22-17(18-12)15-6-2-9-23-15/h2,6,9,11,13-14H,1,3-5,7-8,10H2/t13-,14-/m0/s1. The lowest BCUT2D eigenvalue weighted by molar-refractivity contribution is -0.134. The Hall–Kier alpha value is -1.66. The molecule has 3 heterocycles. The van der Waals surface area contributed by atoms with Crippen LogP contribution in [-0.2, 0) is 16.0 Å². The van der Waals surface area contributed by atoms with Crippen molar-refractivity contribution in [1.29, 1.82) is 0 Å². The van der Waals surface area contributed by atoms with Gasteiger partial charge in [0.1, 0.15) is 6.26 Å². The number of nitrogens with zero attached hydrogens (tertiary/aromatic N) is 2. The number of ether oxygens (including phenoxy) is 1. The molecule has 2 aromatic rings. The zero-order chi connectivity index (χ0) is 15.6. The number of fused-ring (bicyclic) bond motifs is 1. The van der Waals surface area contributed by atoms with Crippen LogP contribution >= 0.6 is 11.3 Å². The van der Waals surface area contributed by atoms with Gasteiger partial charge in [-0.2, -0.15) is 0 Å². The molecule has 0 unspecified atom stereocenters. The van der Waals surface area contributed by atoms with Gasteiger partial charge in [-0.05, 0) is 37.1 Å². The first-order valence-electron chi connectivity index (χ1n) is 8.20. The van der Waals surface area contributed by atoms with E-state index >= 15 is 0 Å². The summed E-state index contributed by atoms with van der Waals surface area (Å²) in [7, 11) is 0. The van der Waals surface area contributed by atoms with E-state index in [2.05, 4.69) is 4.98 Å². The van der Waals surface area contributed by atoms with Crippen molar-refractivity contribution in [1.82, 2.24) is 9.88 Å².